The Kier molecular flexibility index (Phi) is 4.97. The molecule has 1 aliphatic rings. The molecule has 0 spiro atoms. The molecule has 0 aromatic carbocycles. The number of hydrogen-bond donors (Lipinski definition) is 1. The lowest BCUT2D eigenvalue weighted by molar-refractivity contribution is 0.0945. The van der Waals surface area contributed by atoms with Crippen molar-refractivity contribution in [3.05, 3.63) is 34.5 Å². The topological polar surface area (TPSA) is 97.2 Å². The van der Waals surface area contributed by atoms with Crippen LogP contribution in [0.4, 0.5) is 0 Å². The van der Waals surface area contributed by atoms with Crippen molar-refractivity contribution in [3.8, 4) is 0 Å². The summed E-state index contributed by atoms with van der Waals surface area (Å²) in [6.45, 7) is 2.79. The van der Waals surface area contributed by atoms with E-state index in [4.69, 9.17) is 0 Å². The van der Waals surface area contributed by atoms with E-state index in [1.54, 1.807) is 24.0 Å². The molecule has 8 nitrogen and oxygen atoms in total. The Morgan fingerprint density at radius 1 is 1.50 bits per heavy atom. The summed E-state index contributed by atoms with van der Waals surface area (Å²) in [4.78, 5) is 15.9. The van der Waals surface area contributed by atoms with Gasteiger partial charge in [-0.25, -0.2) is 13.4 Å². The smallest absolute Gasteiger partial charge is 0.270 e. The van der Waals surface area contributed by atoms with Crippen LogP contribution in [0.1, 0.15) is 35.6 Å². The van der Waals surface area contributed by atoms with Crippen LogP contribution in [-0.2, 0) is 16.6 Å². The number of carbonyl (C=O) groups excluding carboxylic acids is 1. The minimum Gasteiger partial charge on any atom is -0.351 e. The minimum atomic E-state index is -3.26. The van der Waals surface area contributed by atoms with Crippen LogP contribution >= 0.6 is 11.3 Å². The summed E-state index contributed by atoms with van der Waals surface area (Å²) < 4.78 is 27.7. The number of nitrogens with zero attached hydrogens (tertiary/aromatic N) is 4. The standard InChI is InChI=1S/C14H19N5O3S2/c1-2-24(21,22)18-7-11(19-12(8-18)4-6-17-19)3-5-15-14(20)13-9-23-10-16-13/h4,6,9-11H,2-3,5,7-8H2,1H3,(H,15,20)/t11-/m0/s1. The van der Waals surface area contributed by atoms with Crippen molar-refractivity contribution in [1.29, 1.82) is 0 Å². The highest BCUT2D eigenvalue weighted by Crippen LogP contribution is 2.24. The minimum absolute atomic E-state index is 0.0778. The molecule has 1 amide bonds. The van der Waals surface area contributed by atoms with Crippen molar-refractivity contribution in [2.45, 2.75) is 25.9 Å². The molecule has 0 saturated carbocycles. The molecule has 2 aromatic heterocycles. The highest BCUT2D eigenvalue weighted by Gasteiger charge is 2.31. The van der Waals surface area contributed by atoms with E-state index in [2.05, 4.69) is 15.4 Å². The highest BCUT2D eigenvalue weighted by molar-refractivity contribution is 7.89. The maximum Gasteiger partial charge on any atom is 0.270 e. The molecule has 1 aliphatic heterocycles. The second-order valence-corrected chi connectivity index (χ2v) is 8.51. The Hall–Kier alpha value is -1.78. The zero-order chi connectivity index (χ0) is 17.2. The van der Waals surface area contributed by atoms with E-state index in [0.29, 0.717) is 31.7 Å². The summed E-state index contributed by atoms with van der Waals surface area (Å²) in [5.41, 5.74) is 2.88. The molecule has 130 valence electrons. The lowest BCUT2D eigenvalue weighted by Crippen LogP contribution is -2.42. The fourth-order valence-electron chi connectivity index (χ4n) is 2.73. The zero-order valence-electron chi connectivity index (χ0n) is 13.3. The van der Waals surface area contributed by atoms with Crippen LogP contribution in [0, 0.1) is 0 Å². The Bertz CT molecular complexity index is 800. The Labute approximate surface area is 144 Å². The average Bonchev–Trinajstić information content (AvgIpc) is 3.25. The van der Waals surface area contributed by atoms with Gasteiger partial charge in [0.15, 0.2) is 0 Å². The van der Waals surface area contributed by atoms with Gasteiger partial charge in [-0.1, -0.05) is 0 Å². The number of nitrogens with one attached hydrogen (secondary N) is 1. The summed E-state index contributed by atoms with van der Waals surface area (Å²) in [5, 5.41) is 8.81. The van der Waals surface area contributed by atoms with Crippen molar-refractivity contribution in [1.82, 2.24) is 24.4 Å². The number of aromatic nitrogens is 3. The van der Waals surface area contributed by atoms with Gasteiger partial charge in [-0.2, -0.15) is 9.40 Å². The van der Waals surface area contributed by atoms with Crippen LogP contribution in [0.15, 0.2) is 23.2 Å². The van der Waals surface area contributed by atoms with Crippen molar-refractivity contribution in [2.24, 2.45) is 0 Å². The molecular weight excluding hydrogens is 350 g/mol. The molecule has 3 heterocycles. The van der Waals surface area contributed by atoms with Gasteiger partial charge in [0.2, 0.25) is 10.0 Å². The molecule has 3 rings (SSSR count). The largest absolute Gasteiger partial charge is 0.351 e. The third kappa shape index (κ3) is 3.50. The highest BCUT2D eigenvalue weighted by atomic mass is 32.2. The molecule has 0 radical (unpaired) electrons. The van der Waals surface area contributed by atoms with Gasteiger partial charge in [0.25, 0.3) is 5.91 Å². The third-order valence-corrected chi connectivity index (χ3v) is 6.42. The van der Waals surface area contributed by atoms with Crippen LogP contribution in [0.3, 0.4) is 0 Å². The number of sulfonamides is 1. The van der Waals surface area contributed by atoms with Crippen molar-refractivity contribution in [3.63, 3.8) is 0 Å². The first-order valence-electron chi connectivity index (χ1n) is 7.68. The Morgan fingerprint density at radius 2 is 2.33 bits per heavy atom. The first-order valence-corrected chi connectivity index (χ1v) is 10.2. The molecule has 1 N–H and O–H groups in total. The second-order valence-electron chi connectivity index (χ2n) is 5.53. The van der Waals surface area contributed by atoms with Gasteiger partial charge in [0, 0.05) is 24.7 Å². The number of amides is 1. The molecular formula is C14H19N5O3S2. The fraction of sp³-hybridized carbons (Fsp3) is 0.500. The predicted octanol–water partition coefficient (Wildman–Crippen LogP) is 0.866. The van der Waals surface area contributed by atoms with E-state index in [0.717, 1.165) is 5.69 Å². The third-order valence-electron chi connectivity index (χ3n) is 4.04. The second kappa shape index (κ2) is 6.99. The summed E-state index contributed by atoms with van der Waals surface area (Å²) in [6, 6.07) is 1.74. The SMILES string of the molecule is CCS(=O)(=O)N1Cc2ccnn2[C@@H](CCNC(=O)c2cscn2)C1. The molecule has 2 aromatic rings. The van der Waals surface area contributed by atoms with Crippen molar-refractivity contribution in [2.75, 3.05) is 18.8 Å². The van der Waals surface area contributed by atoms with E-state index in [-0.39, 0.29) is 17.7 Å². The maximum atomic E-state index is 12.2. The zero-order valence-corrected chi connectivity index (χ0v) is 14.9. The van der Waals surface area contributed by atoms with E-state index in [9.17, 15) is 13.2 Å². The first-order chi connectivity index (χ1) is 11.5. The summed E-state index contributed by atoms with van der Waals surface area (Å²) in [6.07, 6.45) is 2.28. The van der Waals surface area contributed by atoms with Gasteiger partial charge in [-0.15, -0.1) is 11.3 Å². The van der Waals surface area contributed by atoms with Crippen LogP contribution in [0.2, 0.25) is 0 Å². The number of carbonyl (C=O) groups is 1. The lowest BCUT2D eigenvalue weighted by atomic mass is 10.1. The number of thiazole rings is 1. The molecule has 0 fully saturated rings. The van der Waals surface area contributed by atoms with E-state index < -0.39 is 10.0 Å². The molecule has 0 saturated heterocycles. The lowest BCUT2D eigenvalue weighted by Gasteiger charge is -2.33. The molecule has 0 aliphatic carbocycles. The van der Waals surface area contributed by atoms with Gasteiger partial charge in [-0.05, 0) is 19.4 Å². The summed E-state index contributed by atoms with van der Waals surface area (Å²) in [5.74, 6) is -0.139. The van der Waals surface area contributed by atoms with Crippen molar-refractivity contribution >= 4 is 27.3 Å². The summed E-state index contributed by atoms with van der Waals surface area (Å²) in [7, 11) is -3.26. The normalized spacial score (nSPS) is 18.3. The maximum absolute atomic E-state index is 12.2. The van der Waals surface area contributed by atoms with Crippen LogP contribution < -0.4 is 5.32 Å². The number of rotatable bonds is 6. The van der Waals surface area contributed by atoms with Gasteiger partial charge >= 0.3 is 0 Å². The molecule has 10 heteroatoms. The molecule has 24 heavy (non-hydrogen) atoms. The molecule has 0 bridgehead atoms. The van der Waals surface area contributed by atoms with Crippen LogP contribution in [0.5, 0.6) is 0 Å². The van der Waals surface area contributed by atoms with Gasteiger partial charge in [0.05, 0.1) is 29.5 Å². The van der Waals surface area contributed by atoms with E-state index in [1.165, 1.54) is 15.6 Å². The van der Waals surface area contributed by atoms with Gasteiger partial charge in [-0.3, -0.25) is 9.48 Å². The molecule has 0 unspecified atom stereocenters. The quantitative estimate of drug-likeness (QED) is 0.815. The Balaban J connectivity index is 1.65. The monoisotopic (exact) mass is 369 g/mol. The number of hydrogen-bond acceptors (Lipinski definition) is 6. The first kappa shape index (κ1) is 17.1. The fourth-order valence-corrected chi connectivity index (χ4v) is 4.35. The Morgan fingerprint density at radius 3 is 3.04 bits per heavy atom. The van der Waals surface area contributed by atoms with Gasteiger partial charge in [0.1, 0.15) is 5.69 Å². The molecule has 1 atom stereocenters. The average molecular weight is 369 g/mol. The number of fused-ring (bicyclic) bond motifs is 1. The van der Waals surface area contributed by atoms with Crippen LogP contribution in [0.25, 0.3) is 0 Å². The van der Waals surface area contributed by atoms with Crippen LogP contribution in [-0.4, -0.2) is 52.2 Å². The van der Waals surface area contributed by atoms with Gasteiger partial charge < -0.3 is 5.32 Å². The van der Waals surface area contributed by atoms with E-state index in [1.807, 2.05) is 10.7 Å². The predicted molar refractivity (Wildman–Crippen MR) is 90.2 cm³/mol. The summed E-state index contributed by atoms with van der Waals surface area (Å²) >= 11 is 1.37. The van der Waals surface area contributed by atoms with E-state index >= 15 is 0 Å². The van der Waals surface area contributed by atoms with Crippen molar-refractivity contribution < 1.29 is 13.2 Å².